The first-order chi connectivity index (χ1) is 9.58. The van der Waals surface area contributed by atoms with Crippen molar-refractivity contribution in [1.82, 2.24) is 20.2 Å². The number of hydrogen-bond acceptors (Lipinski definition) is 5. The molecule has 106 valence electrons. The zero-order valence-electron chi connectivity index (χ0n) is 11.8. The molecule has 0 atom stereocenters. The van der Waals surface area contributed by atoms with Gasteiger partial charge >= 0.3 is 0 Å². The number of amides is 1. The van der Waals surface area contributed by atoms with Crippen LogP contribution in [0.25, 0.3) is 0 Å². The Kier molecular flexibility index (Phi) is 4.29. The van der Waals surface area contributed by atoms with Crippen molar-refractivity contribution in [1.29, 1.82) is 0 Å². The highest BCUT2D eigenvalue weighted by atomic mass is 16.5. The molecule has 0 aliphatic heterocycles. The number of benzene rings is 1. The van der Waals surface area contributed by atoms with Gasteiger partial charge in [-0.3, -0.25) is 10.1 Å². The average molecular weight is 275 g/mol. The van der Waals surface area contributed by atoms with E-state index in [0.29, 0.717) is 12.3 Å². The Hall–Kier alpha value is -2.44. The van der Waals surface area contributed by atoms with Gasteiger partial charge in [0, 0.05) is 0 Å². The molecular formula is C13H17N5O2. The van der Waals surface area contributed by atoms with Crippen LogP contribution in [0.15, 0.2) is 18.2 Å². The molecule has 0 saturated heterocycles. The maximum absolute atomic E-state index is 11.7. The minimum atomic E-state index is -0.319. The van der Waals surface area contributed by atoms with E-state index in [4.69, 9.17) is 4.74 Å². The molecule has 2 rings (SSSR count). The van der Waals surface area contributed by atoms with Gasteiger partial charge in [0.25, 0.3) is 11.9 Å². The monoisotopic (exact) mass is 275 g/mol. The van der Waals surface area contributed by atoms with Crippen LogP contribution in [0.3, 0.4) is 0 Å². The summed E-state index contributed by atoms with van der Waals surface area (Å²) >= 11 is 0. The van der Waals surface area contributed by atoms with Crippen molar-refractivity contribution in [2.75, 3.05) is 11.9 Å². The largest absolute Gasteiger partial charge is 0.483 e. The van der Waals surface area contributed by atoms with Crippen LogP contribution >= 0.6 is 0 Å². The number of tetrazole rings is 1. The molecule has 20 heavy (non-hydrogen) atoms. The highest BCUT2D eigenvalue weighted by Gasteiger charge is 2.09. The Balaban J connectivity index is 1.88. The molecule has 0 fully saturated rings. The van der Waals surface area contributed by atoms with Crippen LogP contribution in [0.2, 0.25) is 0 Å². The zero-order valence-corrected chi connectivity index (χ0v) is 11.8. The summed E-state index contributed by atoms with van der Waals surface area (Å²) in [6.07, 6.45) is 0. The van der Waals surface area contributed by atoms with Crippen LogP contribution < -0.4 is 10.1 Å². The maximum Gasteiger partial charge on any atom is 0.270 e. The summed E-state index contributed by atoms with van der Waals surface area (Å²) in [7, 11) is 0. The van der Waals surface area contributed by atoms with E-state index in [0.717, 1.165) is 11.1 Å². The van der Waals surface area contributed by atoms with Gasteiger partial charge in [0.2, 0.25) is 0 Å². The minimum Gasteiger partial charge on any atom is -0.483 e. The highest BCUT2D eigenvalue weighted by molar-refractivity contribution is 5.90. The van der Waals surface area contributed by atoms with Gasteiger partial charge < -0.3 is 4.74 Å². The first-order valence-corrected chi connectivity index (χ1v) is 6.36. The standard InChI is InChI=1S/C13H17N5O2/c1-4-18-16-13(15-17-18)14-12(19)8-20-11-6-5-9(2)7-10(11)3/h5-7H,4,8H2,1-3H3,(H,14,16,19). The minimum absolute atomic E-state index is 0.0927. The fourth-order valence-electron chi connectivity index (χ4n) is 1.69. The quantitative estimate of drug-likeness (QED) is 0.890. The molecule has 7 nitrogen and oxygen atoms in total. The van der Waals surface area contributed by atoms with Gasteiger partial charge in [0.05, 0.1) is 6.54 Å². The van der Waals surface area contributed by atoms with Gasteiger partial charge in [0.1, 0.15) is 5.75 Å². The van der Waals surface area contributed by atoms with Crippen molar-refractivity contribution in [2.24, 2.45) is 0 Å². The molecular weight excluding hydrogens is 258 g/mol. The van der Waals surface area contributed by atoms with Crippen molar-refractivity contribution in [3.8, 4) is 5.75 Å². The first-order valence-electron chi connectivity index (χ1n) is 6.36. The third kappa shape index (κ3) is 3.53. The summed E-state index contributed by atoms with van der Waals surface area (Å²) in [4.78, 5) is 13.1. The number of carbonyl (C=O) groups is 1. The van der Waals surface area contributed by atoms with E-state index in [2.05, 4.69) is 20.7 Å². The molecule has 1 heterocycles. The number of hydrogen-bond donors (Lipinski definition) is 1. The predicted molar refractivity (Wildman–Crippen MR) is 73.5 cm³/mol. The Morgan fingerprint density at radius 1 is 1.40 bits per heavy atom. The van der Waals surface area contributed by atoms with Crippen molar-refractivity contribution in [3.63, 3.8) is 0 Å². The summed E-state index contributed by atoms with van der Waals surface area (Å²) in [5.74, 6) is 0.553. The van der Waals surface area contributed by atoms with E-state index in [9.17, 15) is 4.79 Å². The second-order valence-corrected chi connectivity index (χ2v) is 4.41. The van der Waals surface area contributed by atoms with Crippen molar-refractivity contribution in [2.45, 2.75) is 27.3 Å². The van der Waals surface area contributed by atoms with Gasteiger partial charge in [-0.1, -0.05) is 22.8 Å². The van der Waals surface area contributed by atoms with Gasteiger partial charge in [-0.15, -0.1) is 5.10 Å². The summed E-state index contributed by atoms with van der Waals surface area (Å²) in [6, 6.07) is 5.79. The molecule has 0 unspecified atom stereocenters. The van der Waals surface area contributed by atoms with Crippen LogP contribution in [0, 0.1) is 13.8 Å². The van der Waals surface area contributed by atoms with E-state index in [-0.39, 0.29) is 18.5 Å². The average Bonchev–Trinajstić information content (AvgIpc) is 2.85. The zero-order chi connectivity index (χ0) is 14.5. The smallest absolute Gasteiger partial charge is 0.270 e. The second kappa shape index (κ2) is 6.14. The number of nitrogens with one attached hydrogen (secondary N) is 1. The number of anilines is 1. The first kappa shape index (κ1) is 14.0. The Bertz CT molecular complexity index is 609. The Labute approximate surface area is 116 Å². The van der Waals surface area contributed by atoms with Gasteiger partial charge in [-0.05, 0) is 37.6 Å². The van der Waals surface area contributed by atoms with Gasteiger partial charge in [-0.2, -0.15) is 4.80 Å². The van der Waals surface area contributed by atoms with Gasteiger partial charge in [-0.25, -0.2) is 0 Å². The van der Waals surface area contributed by atoms with E-state index in [1.165, 1.54) is 4.80 Å². The second-order valence-electron chi connectivity index (χ2n) is 4.41. The number of nitrogens with zero attached hydrogens (tertiary/aromatic N) is 4. The third-order valence-electron chi connectivity index (χ3n) is 2.68. The molecule has 0 bridgehead atoms. The van der Waals surface area contributed by atoms with Crippen LogP contribution in [0.5, 0.6) is 5.75 Å². The third-order valence-corrected chi connectivity index (χ3v) is 2.68. The number of aromatic nitrogens is 4. The molecule has 1 amide bonds. The fraction of sp³-hybridized carbons (Fsp3) is 0.385. The molecule has 0 aliphatic rings. The van der Waals surface area contributed by atoms with Crippen LogP contribution in [0.4, 0.5) is 5.95 Å². The summed E-state index contributed by atoms with van der Waals surface area (Å²) in [5, 5.41) is 13.9. The molecule has 0 spiro atoms. The molecule has 1 aromatic heterocycles. The van der Waals surface area contributed by atoms with Crippen molar-refractivity contribution >= 4 is 11.9 Å². The molecule has 0 saturated carbocycles. The molecule has 2 aromatic rings. The molecule has 7 heteroatoms. The van der Waals surface area contributed by atoms with Crippen LogP contribution in [-0.2, 0) is 11.3 Å². The van der Waals surface area contributed by atoms with E-state index in [1.807, 2.05) is 39.0 Å². The molecule has 0 radical (unpaired) electrons. The van der Waals surface area contributed by atoms with Crippen LogP contribution in [0.1, 0.15) is 18.1 Å². The van der Waals surface area contributed by atoms with Crippen LogP contribution in [-0.4, -0.2) is 32.7 Å². The Morgan fingerprint density at radius 2 is 2.20 bits per heavy atom. The summed E-state index contributed by atoms with van der Waals surface area (Å²) in [5.41, 5.74) is 2.15. The number of rotatable bonds is 5. The lowest BCUT2D eigenvalue weighted by molar-refractivity contribution is -0.118. The number of carbonyl (C=O) groups excluding carboxylic acids is 1. The number of aryl methyl sites for hydroxylation is 3. The molecule has 1 aromatic carbocycles. The van der Waals surface area contributed by atoms with E-state index >= 15 is 0 Å². The molecule has 0 aliphatic carbocycles. The summed E-state index contributed by atoms with van der Waals surface area (Å²) in [6.45, 7) is 6.34. The van der Waals surface area contributed by atoms with E-state index < -0.39 is 0 Å². The normalized spacial score (nSPS) is 10.3. The van der Waals surface area contributed by atoms with E-state index in [1.54, 1.807) is 0 Å². The van der Waals surface area contributed by atoms with Crippen molar-refractivity contribution < 1.29 is 9.53 Å². The lowest BCUT2D eigenvalue weighted by Gasteiger charge is -2.08. The molecule has 1 N–H and O–H groups in total. The Morgan fingerprint density at radius 3 is 2.85 bits per heavy atom. The van der Waals surface area contributed by atoms with Gasteiger partial charge in [0.15, 0.2) is 6.61 Å². The summed E-state index contributed by atoms with van der Waals surface area (Å²) < 4.78 is 5.46. The lowest BCUT2D eigenvalue weighted by atomic mass is 10.1. The topological polar surface area (TPSA) is 81.9 Å². The predicted octanol–water partition coefficient (Wildman–Crippen LogP) is 1.33. The van der Waals surface area contributed by atoms with Crippen molar-refractivity contribution in [3.05, 3.63) is 29.3 Å². The lowest BCUT2D eigenvalue weighted by Crippen LogP contribution is -2.21. The SMILES string of the molecule is CCn1nnc(NC(=O)COc2ccc(C)cc2C)n1. The maximum atomic E-state index is 11.7. The fourth-order valence-corrected chi connectivity index (χ4v) is 1.69. The number of ether oxygens (including phenoxy) is 1. The highest BCUT2D eigenvalue weighted by Crippen LogP contribution is 2.18.